The van der Waals surface area contributed by atoms with Crippen molar-refractivity contribution in [3.8, 4) is 0 Å². The summed E-state index contributed by atoms with van der Waals surface area (Å²) in [5, 5.41) is 6.71. The van der Waals surface area contributed by atoms with Crippen LogP contribution in [0.3, 0.4) is 0 Å². The summed E-state index contributed by atoms with van der Waals surface area (Å²) in [7, 11) is 0. The normalized spacial score (nSPS) is 10.5. The lowest BCUT2D eigenvalue weighted by molar-refractivity contribution is -0.120. The molecule has 2 aromatic rings. The van der Waals surface area contributed by atoms with E-state index >= 15 is 0 Å². The van der Waals surface area contributed by atoms with E-state index in [0.29, 0.717) is 22.3 Å². The van der Waals surface area contributed by atoms with E-state index in [1.165, 1.54) is 11.8 Å². The Kier molecular flexibility index (Phi) is 5.05. The Morgan fingerprint density at radius 2 is 1.96 bits per heavy atom. The molecular formula is C16H18ClN3O3. The Morgan fingerprint density at radius 3 is 2.48 bits per heavy atom. The van der Waals surface area contributed by atoms with E-state index < -0.39 is 0 Å². The van der Waals surface area contributed by atoms with Gasteiger partial charge in [-0.1, -0.05) is 22.8 Å². The second-order valence-electron chi connectivity index (χ2n) is 5.39. The standard InChI is InChI=1S/C16H18ClN3O3/c1-9-5-10(2)16(13(17)6-9)20(12(4)21)8-15(22)18-14-7-11(3)23-19-14/h5-7H,8H2,1-4H3,(H,18,19,22). The van der Waals surface area contributed by atoms with Gasteiger partial charge in [0.1, 0.15) is 12.3 Å². The van der Waals surface area contributed by atoms with Gasteiger partial charge < -0.3 is 14.7 Å². The first-order valence-corrected chi connectivity index (χ1v) is 7.43. The number of aromatic nitrogens is 1. The zero-order valence-corrected chi connectivity index (χ0v) is 14.2. The van der Waals surface area contributed by atoms with E-state index in [0.717, 1.165) is 11.1 Å². The number of nitrogens with zero attached hydrogens (tertiary/aromatic N) is 2. The molecule has 1 aromatic heterocycles. The number of carbonyl (C=O) groups is 2. The van der Waals surface area contributed by atoms with Gasteiger partial charge in [0.2, 0.25) is 11.8 Å². The minimum absolute atomic E-state index is 0.162. The molecule has 0 spiro atoms. The van der Waals surface area contributed by atoms with Gasteiger partial charge in [-0.25, -0.2) is 0 Å². The molecule has 0 saturated carbocycles. The van der Waals surface area contributed by atoms with Crippen LogP contribution < -0.4 is 10.2 Å². The topological polar surface area (TPSA) is 75.4 Å². The third kappa shape index (κ3) is 4.10. The van der Waals surface area contributed by atoms with Crippen molar-refractivity contribution in [3.05, 3.63) is 40.1 Å². The van der Waals surface area contributed by atoms with Gasteiger partial charge in [-0.3, -0.25) is 9.59 Å². The van der Waals surface area contributed by atoms with Crippen molar-refractivity contribution in [2.45, 2.75) is 27.7 Å². The Labute approximate surface area is 139 Å². The maximum absolute atomic E-state index is 12.2. The van der Waals surface area contributed by atoms with Crippen LogP contribution in [0.25, 0.3) is 0 Å². The predicted octanol–water partition coefficient (Wildman–Crippen LogP) is 3.24. The van der Waals surface area contributed by atoms with Crippen LogP contribution in [0.5, 0.6) is 0 Å². The summed E-state index contributed by atoms with van der Waals surface area (Å²) in [4.78, 5) is 25.5. The predicted molar refractivity (Wildman–Crippen MR) is 88.8 cm³/mol. The molecular weight excluding hydrogens is 318 g/mol. The van der Waals surface area contributed by atoms with Crippen molar-refractivity contribution in [1.29, 1.82) is 0 Å². The molecule has 2 rings (SSSR count). The maximum Gasteiger partial charge on any atom is 0.245 e. The fourth-order valence-corrected chi connectivity index (χ4v) is 2.77. The lowest BCUT2D eigenvalue weighted by Crippen LogP contribution is -2.37. The highest BCUT2D eigenvalue weighted by molar-refractivity contribution is 6.34. The molecule has 0 unspecified atom stereocenters. The van der Waals surface area contributed by atoms with Crippen molar-refractivity contribution in [3.63, 3.8) is 0 Å². The van der Waals surface area contributed by atoms with Crippen LogP contribution in [-0.2, 0) is 9.59 Å². The third-order valence-corrected chi connectivity index (χ3v) is 3.53. The van der Waals surface area contributed by atoms with Crippen molar-refractivity contribution < 1.29 is 14.1 Å². The van der Waals surface area contributed by atoms with Crippen LogP contribution in [0, 0.1) is 20.8 Å². The molecule has 0 aliphatic rings. The van der Waals surface area contributed by atoms with Gasteiger partial charge in [0.25, 0.3) is 0 Å². The van der Waals surface area contributed by atoms with Crippen molar-refractivity contribution >= 4 is 34.9 Å². The van der Waals surface area contributed by atoms with E-state index in [4.69, 9.17) is 16.1 Å². The first-order chi connectivity index (χ1) is 10.8. The molecule has 0 aliphatic heterocycles. The fourth-order valence-electron chi connectivity index (χ4n) is 2.35. The first kappa shape index (κ1) is 17.0. The Bertz CT molecular complexity index is 732. The minimum atomic E-state index is -0.385. The maximum atomic E-state index is 12.2. The molecule has 0 bridgehead atoms. The molecule has 23 heavy (non-hydrogen) atoms. The highest BCUT2D eigenvalue weighted by Gasteiger charge is 2.21. The molecule has 122 valence electrons. The number of carbonyl (C=O) groups excluding carboxylic acids is 2. The van der Waals surface area contributed by atoms with Crippen LogP contribution in [0.15, 0.2) is 22.7 Å². The van der Waals surface area contributed by atoms with Crippen molar-refractivity contribution in [2.24, 2.45) is 0 Å². The number of benzene rings is 1. The number of anilines is 2. The van der Waals surface area contributed by atoms with Gasteiger partial charge in [-0.2, -0.15) is 0 Å². The van der Waals surface area contributed by atoms with E-state index in [1.807, 2.05) is 19.9 Å². The number of aryl methyl sites for hydroxylation is 3. The molecule has 0 saturated heterocycles. The number of amides is 2. The number of hydrogen-bond donors (Lipinski definition) is 1. The molecule has 2 amide bonds. The van der Waals surface area contributed by atoms with Crippen molar-refractivity contribution in [1.82, 2.24) is 5.16 Å². The van der Waals surface area contributed by atoms with Gasteiger partial charge in [0.15, 0.2) is 5.82 Å². The zero-order valence-electron chi connectivity index (χ0n) is 13.4. The summed E-state index contributed by atoms with van der Waals surface area (Å²) in [5.74, 6) is 0.235. The highest BCUT2D eigenvalue weighted by atomic mass is 35.5. The van der Waals surface area contributed by atoms with Crippen LogP contribution in [0.1, 0.15) is 23.8 Å². The molecule has 0 radical (unpaired) electrons. The summed E-state index contributed by atoms with van der Waals surface area (Å²) in [6.07, 6.45) is 0. The molecule has 0 fully saturated rings. The third-order valence-electron chi connectivity index (χ3n) is 3.25. The summed E-state index contributed by atoms with van der Waals surface area (Å²) < 4.78 is 4.89. The zero-order chi connectivity index (χ0) is 17.1. The van der Waals surface area contributed by atoms with E-state index in [-0.39, 0.29) is 18.4 Å². The average molecular weight is 336 g/mol. The Hall–Kier alpha value is -2.34. The monoisotopic (exact) mass is 335 g/mol. The summed E-state index contributed by atoms with van der Waals surface area (Å²) in [5.41, 5.74) is 2.36. The Balaban J connectivity index is 2.23. The number of hydrogen-bond acceptors (Lipinski definition) is 4. The molecule has 0 atom stereocenters. The highest BCUT2D eigenvalue weighted by Crippen LogP contribution is 2.31. The molecule has 7 heteroatoms. The lowest BCUT2D eigenvalue weighted by Gasteiger charge is -2.24. The van der Waals surface area contributed by atoms with Crippen LogP contribution in [-0.4, -0.2) is 23.5 Å². The molecule has 6 nitrogen and oxygen atoms in total. The largest absolute Gasteiger partial charge is 0.360 e. The van der Waals surface area contributed by atoms with Crippen LogP contribution >= 0.6 is 11.6 Å². The SMILES string of the molecule is CC(=O)N(CC(=O)Nc1cc(C)on1)c1c(C)cc(C)cc1Cl. The van der Waals surface area contributed by atoms with Gasteiger partial charge in [-0.15, -0.1) is 0 Å². The number of halogens is 1. The van der Waals surface area contributed by atoms with Crippen molar-refractivity contribution in [2.75, 3.05) is 16.8 Å². The molecule has 1 N–H and O–H groups in total. The molecule has 1 heterocycles. The average Bonchev–Trinajstić information content (AvgIpc) is 2.81. The van der Waals surface area contributed by atoms with E-state index in [9.17, 15) is 9.59 Å². The summed E-state index contributed by atoms with van der Waals surface area (Å²) in [6.45, 7) is 6.72. The summed E-state index contributed by atoms with van der Waals surface area (Å²) >= 11 is 6.27. The molecule has 1 aromatic carbocycles. The Morgan fingerprint density at radius 1 is 1.26 bits per heavy atom. The number of rotatable bonds is 4. The van der Waals surface area contributed by atoms with Gasteiger partial charge in [0.05, 0.1) is 10.7 Å². The van der Waals surface area contributed by atoms with E-state index in [1.54, 1.807) is 19.1 Å². The summed E-state index contributed by atoms with van der Waals surface area (Å²) in [6, 6.07) is 5.27. The lowest BCUT2D eigenvalue weighted by atomic mass is 10.1. The first-order valence-electron chi connectivity index (χ1n) is 7.06. The fraction of sp³-hybridized carbons (Fsp3) is 0.312. The van der Waals surface area contributed by atoms with Crippen LogP contribution in [0.4, 0.5) is 11.5 Å². The van der Waals surface area contributed by atoms with Crippen LogP contribution in [0.2, 0.25) is 5.02 Å². The molecule has 0 aliphatic carbocycles. The van der Waals surface area contributed by atoms with Gasteiger partial charge in [-0.05, 0) is 38.0 Å². The second-order valence-corrected chi connectivity index (χ2v) is 5.80. The minimum Gasteiger partial charge on any atom is -0.360 e. The second kappa shape index (κ2) is 6.83. The van der Waals surface area contributed by atoms with Gasteiger partial charge >= 0.3 is 0 Å². The smallest absolute Gasteiger partial charge is 0.245 e. The quantitative estimate of drug-likeness (QED) is 0.930. The van der Waals surface area contributed by atoms with E-state index in [2.05, 4.69) is 10.5 Å². The van der Waals surface area contributed by atoms with Gasteiger partial charge in [0, 0.05) is 13.0 Å². The number of nitrogens with one attached hydrogen (secondary N) is 1.